The number of carbonyl (C=O) groups is 1. The van der Waals surface area contributed by atoms with E-state index in [0.29, 0.717) is 19.6 Å². The van der Waals surface area contributed by atoms with Crippen molar-refractivity contribution in [3.8, 4) is 0 Å². The first-order valence-corrected chi connectivity index (χ1v) is 11.2. The Hall–Kier alpha value is -0.780. The molecule has 1 atom stereocenters. The molecule has 1 unspecified atom stereocenters. The van der Waals surface area contributed by atoms with E-state index in [1.54, 1.807) is 0 Å². The molecule has 0 saturated carbocycles. The average molecular weight is 410 g/mol. The molecule has 0 aromatic carbocycles. The fourth-order valence-electron chi connectivity index (χ4n) is 3.53. The van der Waals surface area contributed by atoms with E-state index in [2.05, 4.69) is 59.4 Å². The molecule has 1 amide bonds. The number of nitrogens with zero attached hydrogens (tertiary/aromatic N) is 1. The van der Waals surface area contributed by atoms with Crippen LogP contribution in [0.15, 0.2) is 22.6 Å². The number of likely N-dealkylation sites (tertiary alicyclic amines) is 1. The number of amides is 1. The Balaban J connectivity index is 1.74. The minimum atomic E-state index is -0.164. The van der Waals surface area contributed by atoms with Crippen molar-refractivity contribution in [3.05, 3.63) is 22.6 Å². The van der Waals surface area contributed by atoms with Gasteiger partial charge in [0.05, 0.1) is 24.9 Å². The first kappa shape index (κ1) is 23.5. The molecule has 2 aliphatic rings. The number of allylic oxidation sites excluding steroid dienone is 3. The monoisotopic (exact) mass is 409 g/mol. The lowest BCUT2D eigenvalue weighted by Gasteiger charge is -2.40. The highest BCUT2D eigenvalue weighted by molar-refractivity contribution is 7.84. The van der Waals surface area contributed by atoms with Crippen molar-refractivity contribution in [2.75, 3.05) is 26.3 Å². The van der Waals surface area contributed by atoms with Crippen LogP contribution in [0.2, 0.25) is 0 Å². The zero-order valence-corrected chi connectivity index (χ0v) is 19.3. The van der Waals surface area contributed by atoms with Crippen molar-refractivity contribution in [1.82, 2.24) is 4.90 Å². The van der Waals surface area contributed by atoms with E-state index in [-0.39, 0.29) is 23.0 Å². The van der Waals surface area contributed by atoms with Crippen LogP contribution in [0.1, 0.15) is 73.1 Å². The van der Waals surface area contributed by atoms with Crippen LogP contribution in [-0.4, -0.2) is 48.8 Å². The lowest BCUT2D eigenvalue weighted by molar-refractivity contribution is -0.142. The van der Waals surface area contributed by atoms with Gasteiger partial charge in [0, 0.05) is 19.5 Å². The SMILES string of the molecule is CCC(COC1(C)CCN(C(=O)CC(C)(C)C)CC1)OCC1=CC=C(S)CC1. The molecule has 160 valence electrons. The summed E-state index contributed by atoms with van der Waals surface area (Å²) in [4.78, 5) is 15.6. The van der Waals surface area contributed by atoms with Gasteiger partial charge in [0.2, 0.25) is 5.91 Å². The molecule has 0 radical (unpaired) electrons. The first-order valence-electron chi connectivity index (χ1n) is 10.7. The molecular formula is C23H39NO3S. The number of rotatable bonds is 8. The van der Waals surface area contributed by atoms with Crippen molar-refractivity contribution in [3.63, 3.8) is 0 Å². The maximum Gasteiger partial charge on any atom is 0.223 e. The minimum absolute atomic E-state index is 0.0397. The number of hydrogen-bond acceptors (Lipinski definition) is 4. The lowest BCUT2D eigenvalue weighted by atomic mass is 9.89. The van der Waals surface area contributed by atoms with E-state index in [4.69, 9.17) is 9.47 Å². The fraction of sp³-hybridized carbons (Fsp3) is 0.783. The first-order chi connectivity index (χ1) is 13.1. The molecule has 2 rings (SSSR count). The molecule has 0 N–H and O–H groups in total. The van der Waals surface area contributed by atoms with Crippen LogP contribution >= 0.6 is 12.6 Å². The topological polar surface area (TPSA) is 38.8 Å². The van der Waals surface area contributed by atoms with Crippen LogP contribution in [0.3, 0.4) is 0 Å². The van der Waals surface area contributed by atoms with Crippen molar-refractivity contribution in [2.24, 2.45) is 5.41 Å². The minimum Gasteiger partial charge on any atom is -0.372 e. The summed E-state index contributed by atoms with van der Waals surface area (Å²) in [6, 6.07) is 0. The highest BCUT2D eigenvalue weighted by Crippen LogP contribution is 2.29. The number of thiol groups is 1. The van der Waals surface area contributed by atoms with E-state index in [1.165, 1.54) is 5.57 Å². The number of carbonyl (C=O) groups excluding carboxylic acids is 1. The Labute approximate surface area is 177 Å². The van der Waals surface area contributed by atoms with Crippen molar-refractivity contribution < 1.29 is 14.3 Å². The van der Waals surface area contributed by atoms with Gasteiger partial charge in [-0.3, -0.25) is 4.79 Å². The van der Waals surface area contributed by atoms with Gasteiger partial charge >= 0.3 is 0 Å². The molecule has 28 heavy (non-hydrogen) atoms. The molecule has 0 aromatic heterocycles. The highest BCUT2D eigenvalue weighted by atomic mass is 32.1. The van der Waals surface area contributed by atoms with Crippen molar-refractivity contribution >= 4 is 18.5 Å². The third-order valence-electron chi connectivity index (χ3n) is 5.65. The number of ether oxygens (including phenoxy) is 2. The van der Waals surface area contributed by atoms with Gasteiger partial charge in [0.25, 0.3) is 0 Å². The highest BCUT2D eigenvalue weighted by Gasteiger charge is 2.34. The summed E-state index contributed by atoms with van der Waals surface area (Å²) < 4.78 is 12.4. The molecule has 1 fully saturated rings. The normalized spacial score (nSPS) is 21.1. The van der Waals surface area contributed by atoms with Gasteiger partial charge in [0.1, 0.15) is 0 Å². The van der Waals surface area contributed by atoms with Crippen LogP contribution in [0.25, 0.3) is 0 Å². The van der Waals surface area contributed by atoms with Gasteiger partial charge in [-0.2, -0.15) is 0 Å². The quantitative estimate of drug-likeness (QED) is 0.564. The molecule has 0 aromatic rings. The average Bonchev–Trinajstić information content (AvgIpc) is 2.62. The maximum atomic E-state index is 12.4. The van der Waals surface area contributed by atoms with Crippen LogP contribution in [0, 0.1) is 5.41 Å². The summed E-state index contributed by atoms with van der Waals surface area (Å²) in [6.45, 7) is 13.5. The summed E-state index contributed by atoms with van der Waals surface area (Å²) in [5.41, 5.74) is 1.20. The Bertz CT molecular complexity index is 583. The van der Waals surface area contributed by atoms with Crippen LogP contribution < -0.4 is 0 Å². The largest absolute Gasteiger partial charge is 0.372 e. The van der Waals surface area contributed by atoms with Crippen molar-refractivity contribution in [1.29, 1.82) is 0 Å². The Kier molecular flexibility index (Phi) is 8.65. The lowest BCUT2D eigenvalue weighted by Crippen LogP contribution is -2.48. The Morgan fingerprint density at radius 1 is 1.25 bits per heavy atom. The third-order valence-corrected chi connectivity index (χ3v) is 6.02. The fourth-order valence-corrected chi connectivity index (χ4v) is 3.72. The second-order valence-electron chi connectivity index (χ2n) is 9.70. The molecule has 4 nitrogen and oxygen atoms in total. The van der Waals surface area contributed by atoms with Gasteiger partial charge in [-0.05, 0) is 54.9 Å². The van der Waals surface area contributed by atoms with E-state index in [0.717, 1.165) is 50.1 Å². The predicted molar refractivity (Wildman–Crippen MR) is 119 cm³/mol. The van der Waals surface area contributed by atoms with Gasteiger partial charge in [0.15, 0.2) is 0 Å². The summed E-state index contributed by atoms with van der Waals surface area (Å²) in [5.74, 6) is 0.267. The molecule has 1 aliphatic carbocycles. The van der Waals surface area contributed by atoms with E-state index in [1.807, 2.05) is 4.90 Å². The van der Waals surface area contributed by atoms with E-state index < -0.39 is 0 Å². The predicted octanol–water partition coefficient (Wildman–Crippen LogP) is 5.15. The third kappa shape index (κ3) is 7.92. The second-order valence-corrected chi connectivity index (χ2v) is 10.3. The summed E-state index contributed by atoms with van der Waals surface area (Å²) in [7, 11) is 0. The molecule has 0 bridgehead atoms. The van der Waals surface area contributed by atoms with E-state index >= 15 is 0 Å². The van der Waals surface area contributed by atoms with Crippen molar-refractivity contribution in [2.45, 2.75) is 84.8 Å². The molecule has 0 spiro atoms. The van der Waals surface area contributed by atoms with Crippen LogP contribution in [0.4, 0.5) is 0 Å². The van der Waals surface area contributed by atoms with Gasteiger partial charge in [-0.1, -0.05) is 39.8 Å². The second kappa shape index (κ2) is 10.3. The van der Waals surface area contributed by atoms with Gasteiger partial charge in [-0.25, -0.2) is 0 Å². The summed E-state index contributed by atoms with van der Waals surface area (Å²) in [5, 5.41) is 0. The zero-order valence-electron chi connectivity index (χ0n) is 18.4. The molecule has 5 heteroatoms. The molecule has 1 saturated heterocycles. The number of hydrogen-bond donors (Lipinski definition) is 1. The zero-order chi connectivity index (χ0) is 20.8. The molecule has 1 heterocycles. The van der Waals surface area contributed by atoms with Crippen LogP contribution in [0.5, 0.6) is 0 Å². The van der Waals surface area contributed by atoms with E-state index in [9.17, 15) is 4.79 Å². The Morgan fingerprint density at radius 3 is 2.46 bits per heavy atom. The maximum absolute atomic E-state index is 12.4. The van der Waals surface area contributed by atoms with Gasteiger partial charge in [-0.15, -0.1) is 12.6 Å². The molecular weight excluding hydrogens is 370 g/mol. The van der Waals surface area contributed by atoms with Crippen LogP contribution in [-0.2, 0) is 14.3 Å². The Morgan fingerprint density at radius 2 is 1.93 bits per heavy atom. The molecule has 1 aliphatic heterocycles. The summed E-state index contributed by atoms with van der Waals surface area (Å²) in [6.07, 6.45) is 9.67. The summed E-state index contributed by atoms with van der Waals surface area (Å²) >= 11 is 4.40. The standard InChI is InChI=1S/C23H39NO3S/c1-6-19(26-16-18-7-9-20(28)10-8-18)17-27-23(5)11-13-24(14-12-23)21(25)15-22(2,3)4/h7,9,19,28H,6,8,10-17H2,1-5H3. The van der Waals surface area contributed by atoms with Gasteiger partial charge < -0.3 is 14.4 Å². The number of piperidine rings is 1. The smallest absolute Gasteiger partial charge is 0.223 e.